The Hall–Kier alpha value is -0.690. The Morgan fingerprint density at radius 3 is 2.95 bits per heavy atom. The molecule has 0 aliphatic carbocycles. The zero-order valence-corrected chi connectivity index (χ0v) is 13.2. The summed E-state index contributed by atoms with van der Waals surface area (Å²) in [6, 6.07) is 0. The van der Waals surface area contributed by atoms with E-state index in [1.54, 1.807) is 18.4 Å². The van der Waals surface area contributed by atoms with Crippen LogP contribution in [0.4, 0.5) is 5.13 Å². The third kappa shape index (κ3) is 4.70. The molecule has 1 aliphatic rings. The summed E-state index contributed by atoms with van der Waals surface area (Å²) in [7, 11) is 1.72. The first-order valence-corrected chi connectivity index (χ1v) is 8.22. The largest absolute Gasteiger partial charge is 0.383 e. The van der Waals surface area contributed by atoms with Crippen molar-refractivity contribution in [2.75, 3.05) is 44.9 Å². The van der Waals surface area contributed by atoms with E-state index in [0.29, 0.717) is 6.10 Å². The molecule has 1 fully saturated rings. The van der Waals surface area contributed by atoms with Gasteiger partial charge in [0.1, 0.15) is 0 Å². The fraction of sp³-hybridized carbons (Fsp3) is 0.786. The minimum absolute atomic E-state index is 0.436. The monoisotopic (exact) mass is 299 g/mol. The molecule has 0 amide bonds. The van der Waals surface area contributed by atoms with E-state index in [1.807, 2.05) is 0 Å². The average molecular weight is 299 g/mol. The second kappa shape index (κ2) is 8.56. The SMILES string of the molecule is CCOC1CCN(c2nc(CNCCOC)cs2)CC1. The van der Waals surface area contributed by atoms with Gasteiger partial charge in [0.2, 0.25) is 0 Å². The molecule has 1 aromatic heterocycles. The summed E-state index contributed by atoms with van der Waals surface area (Å²) in [5.74, 6) is 0. The highest BCUT2D eigenvalue weighted by molar-refractivity contribution is 7.13. The Labute approximate surface area is 125 Å². The number of nitrogens with one attached hydrogen (secondary N) is 1. The first-order chi connectivity index (χ1) is 9.83. The van der Waals surface area contributed by atoms with Crippen molar-refractivity contribution >= 4 is 16.5 Å². The molecule has 2 heterocycles. The molecule has 0 unspecified atom stereocenters. The molecular formula is C14H25N3O2S. The van der Waals surface area contributed by atoms with Crippen LogP contribution < -0.4 is 10.2 Å². The molecule has 20 heavy (non-hydrogen) atoms. The van der Waals surface area contributed by atoms with E-state index >= 15 is 0 Å². The summed E-state index contributed by atoms with van der Waals surface area (Å²) >= 11 is 1.74. The van der Waals surface area contributed by atoms with Crippen LogP contribution in [0.15, 0.2) is 5.38 Å². The zero-order valence-electron chi connectivity index (χ0n) is 12.4. The Morgan fingerprint density at radius 1 is 1.45 bits per heavy atom. The van der Waals surface area contributed by atoms with Gasteiger partial charge in [-0.1, -0.05) is 0 Å². The summed E-state index contributed by atoms with van der Waals surface area (Å²) in [5.41, 5.74) is 1.12. The number of aromatic nitrogens is 1. The number of rotatable bonds is 8. The van der Waals surface area contributed by atoms with Gasteiger partial charge < -0.3 is 19.7 Å². The molecule has 1 aliphatic heterocycles. The molecule has 6 heteroatoms. The second-order valence-corrected chi connectivity index (χ2v) is 5.77. The standard InChI is InChI=1S/C14H25N3O2S/c1-3-19-13-4-7-17(8-5-13)14-16-12(11-20-14)10-15-6-9-18-2/h11,13,15H,3-10H2,1-2H3. The molecule has 114 valence electrons. The number of nitrogens with zero attached hydrogens (tertiary/aromatic N) is 2. The van der Waals surface area contributed by atoms with Crippen molar-refractivity contribution in [2.45, 2.75) is 32.4 Å². The molecule has 1 saturated heterocycles. The number of piperidine rings is 1. The van der Waals surface area contributed by atoms with Crippen molar-refractivity contribution in [1.82, 2.24) is 10.3 Å². The van der Waals surface area contributed by atoms with Crippen molar-refractivity contribution in [3.63, 3.8) is 0 Å². The minimum Gasteiger partial charge on any atom is -0.383 e. The molecular weight excluding hydrogens is 274 g/mol. The molecule has 1 N–H and O–H groups in total. The predicted molar refractivity (Wildman–Crippen MR) is 82.6 cm³/mol. The van der Waals surface area contributed by atoms with Crippen LogP contribution >= 0.6 is 11.3 Å². The molecule has 0 bridgehead atoms. The number of hydrogen-bond donors (Lipinski definition) is 1. The lowest BCUT2D eigenvalue weighted by Crippen LogP contribution is -2.37. The van der Waals surface area contributed by atoms with Gasteiger partial charge in [-0.2, -0.15) is 0 Å². The van der Waals surface area contributed by atoms with Gasteiger partial charge >= 0.3 is 0 Å². The predicted octanol–water partition coefficient (Wildman–Crippen LogP) is 1.88. The van der Waals surface area contributed by atoms with Gasteiger partial charge in [0, 0.05) is 45.3 Å². The lowest BCUT2D eigenvalue weighted by atomic mass is 10.1. The molecule has 0 aromatic carbocycles. The number of hydrogen-bond acceptors (Lipinski definition) is 6. The van der Waals surface area contributed by atoms with Crippen molar-refractivity contribution in [1.29, 1.82) is 0 Å². The highest BCUT2D eigenvalue weighted by atomic mass is 32.1. The van der Waals surface area contributed by atoms with Crippen molar-refractivity contribution in [3.8, 4) is 0 Å². The van der Waals surface area contributed by atoms with Gasteiger partial charge in [0.05, 0.1) is 18.4 Å². The number of thiazole rings is 1. The highest BCUT2D eigenvalue weighted by Gasteiger charge is 2.21. The van der Waals surface area contributed by atoms with E-state index < -0.39 is 0 Å². The third-order valence-corrected chi connectivity index (χ3v) is 4.39. The minimum atomic E-state index is 0.436. The van der Waals surface area contributed by atoms with E-state index in [4.69, 9.17) is 14.5 Å². The summed E-state index contributed by atoms with van der Waals surface area (Å²) < 4.78 is 10.7. The van der Waals surface area contributed by atoms with E-state index in [9.17, 15) is 0 Å². The van der Waals surface area contributed by atoms with Crippen LogP contribution in [-0.2, 0) is 16.0 Å². The van der Waals surface area contributed by atoms with E-state index in [0.717, 1.165) is 63.1 Å². The Morgan fingerprint density at radius 2 is 2.25 bits per heavy atom. The summed E-state index contributed by atoms with van der Waals surface area (Å²) in [6.07, 6.45) is 2.65. The quantitative estimate of drug-likeness (QED) is 0.743. The fourth-order valence-corrected chi connectivity index (χ4v) is 3.24. The van der Waals surface area contributed by atoms with Gasteiger partial charge in [-0.15, -0.1) is 11.3 Å². The maximum Gasteiger partial charge on any atom is 0.185 e. The van der Waals surface area contributed by atoms with Gasteiger partial charge in [0.25, 0.3) is 0 Å². The van der Waals surface area contributed by atoms with Crippen LogP contribution in [0.2, 0.25) is 0 Å². The smallest absolute Gasteiger partial charge is 0.185 e. The molecule has 1 aromatic rings. The lowest BCUT2D eigenvalue weighted by molar-refractivity contribution is 0.0459. The first-order valence-electron chi connectivity index (χ1n) is 7.34. The van der Waals surface area contributed by atoms with Crippen LogP contribution in [0.3, 0.4) is 0 Å². The Bertz CT molecular complexity index is 378. The van der Waals surface area contributed by atoms with Crippen molar-refractivity contribution in [2.24, 2.45) is 0 Å². The Balaban J connectivity index is 1.75. The van der Waals surface area contributed by atoms with Crippen LogP contribution in [0, 0.1) is 0 Å². The lowest BCUT2D eigenvalue weighted by Gasteiger charge is -2.31. The molecule has 0 atom stereocenters. The first kappa shape index (κ1) is 15.7. The van der Waals surface area contributed by atoms with Gasteiger partial charge in [-0.3, -0.25) is 0 Å². The topological polar surface area (TPSA) is 46.6 Å². The number of ether oxygens (including phenoxy) is 2. The van der Waals surface area contributed by atoms with Crippen LogP contribution in [0.5, 0.6) is 0 Å². The van der Waals surface area contributed by atoms with E-state index in [1.165, 1.54) is 0 Å². The van der Waals surface area contributed by atoms with Gasteiger partial charge in [0.15, 0.2) is 5.13 Å². The summed E-state index contributed by atoms with van der Waals surface area (Å²) in [5, 5.41) is 6.61. The average Bonchev–Trinajstić information content (AvgIpc) is 2.94. The third-order valence-electron chi connectivity index (χ3n) is 3.44. The van der Waals surface area contributed by atoms with Crippen LogP contribution in [0.1, 0.15) is 25.5 Å². The zero-order chi connectivity index (χ0) is 14.2. The van der Waals surface area contributed by atoms with Crippen molar-refractivity contribution in [3.05, 3.63) is 11.1 Å². The van der Waals surface area contributed by atoms with Crippen LogP contribution in [-0.4, -0.2) is 51.0 Å². The summed E-state index contributed by atoms with van der Waals surface area (Å²) in [4.78, 5) is 7.08. The van der Waals surface area contributed by atoms with E-state index in [-0.39, 0.29) is 0 Å². The molecule has 0 radical (unpaired) electrons. The molecule has 0 spiro atoms. The molecule has 0 saturated carbocycles. The maximum absolute atomic E-state index is 5.68. The fourth-order valence-electron chi connectivity index (χ4n) is 2.36. The molecule has 2 rings (SSSR count). The number of anilines is 1. The van der Waals surface area contributed by atoms with E-state index in [2.05, 4.69) is 22.5 Å². The highest BCUT2D eigenvalue weighted by Crippen LogP contribution is 2.25. The normalized spacial score (nSPS) is 16.8. The Kier molecular flexibility index (Phi) is 6.72. The maximum atomic E-state index is 5.68. The summed E-state index contributed by atoms with van der Waals surface area (Å²) in [6.45, 7) is 7.40. The van der Waals surface area contributed by atoms with Crippen molar-refractivity contribution < 1.29 is 9.47 Å². The van der Waals surface area contributed by atoms with Gasteiger partial charge in [-0.05, 0) is 19.8 Å². The van der Waals surface area contributed by atoms with Crippen LogP contribution in [0.25, 0.3) is 0 Å². The second-order valence-electron chi connectivity index (χ2n) is 4.93. The number of methoxy groups -OCH3 is 1. The molecule has 5 nitrogen and oxygen atoms in total. The van der Waals surface area contributed by atoms with Gasteiger partial charge in [-0.25, -0.2) is 4.98 Å².